The molecule has 10 rings (SSSR count). The van der Waals surface area contributed by atoms with Gasteiger partial charge < -0.3 is 46.9 Å². The van der Waals surface area contributed by atoms with E-state index in [2.05, 4.69) is 93.3 Å². The first-order valence-electron chi connectivity index (χ1n) is 22.4. The molecule has 9 N–H and O–H groups in total. The van der Waals surface area contributed by atoms with Crippen LogP contribution in [0, 0.1) is 0 Å². The van der Waals surface area contributed by atoms with E-state index in [1.807, 2.05) is 30.6 Å². The fourth-order valence-corrected chi connectivity index (χ4v) is 7.16. The number of amides is 5. The number of carbonyl (C=O) groups excluding carboxylic acids is 5. The number of nitrogens with one attached hydrogen (secondary N) is 5. The topological polar surface area (TPSA) is 255 Å². The molecule has 75 heavy (non-hydrogen) atoms. The first kappa shape index (κ1) is 66.1. The summed E-state index contributed by atoms with van der Waals surface area (Å²) in [6.07, 6.45) is 13.2. The number of aliphatic hydroxyl groups excluding tert-OH is 1. The molecule has 3 radical (unpaired) electrons. The van der Waals surface area contributed by atoms with Crippen LogP contribution in [0.1, 0.15) is 65.7 Å². The maximum atomic E-state index is 12.0. The molecule has 5 aromatic heterocycles. The van der Waals surface area contributed by atoms with Crippen LogP contribution in [0.15, 0.2) is 177 Å². The van der Waals surface area contributed by atoms with Crippen molar-refractivity contribution in [2.75, 3.05) is 16.0 Å². The van der Waals surface area contributed by atoms with Gasteiger partial charge in [0.15, 0.2) is 8.24 Å². The molecule has 8 aromatic rings. The molecule has 0 saturated heterocycles. The molecule has 389 valence electrons. The zero-order valence-corrected chi connectivity index (χ0v) is 48.6. The number of aromatic amines is 4. The first-order chi connectivity index (χ1) is 34.5. The van der Waals surface area contributed by atoms with Gasteiger partial charge in [0.25, 0.3) is 35.5 Å². The summed E-state index contributed by atoms with van der Waals surface area (Å²) in [6, 6.07) is 39.1. The second-order valence-electron chi connectivity index (χ2n) is 17.2. The Morgan fingerprint density at radius 3 is 1.40 bits per heavy atom. The first-order valence-corrected chi connectivity index (χ1v) is 30.7. The quantitative estimate of drug-likeness (QED) is 0.0364. The number of carboxylic acids is 1. The third-order valence-corrected chi connectivity index (χ3v) is 11.3. The number of hydrogen-bond donors (Lipinski definition) is 8. The number of halogens is 2. The van der Waals surface area contributed by atoms with Gasteiger partial charge in [-0.3, -0.25) is 28.8 Å². The van der Waals surface area contributed by atoms with Crippen LogP contribution in [0.2, 0.25) is 39.3 Å². The number of nitrogens with two attached hydrogens (primary N) is 1. The summed E-state index contributed by atoms with van der Waals surface area (Å²) in [5, 5.41) is 19.2. The van der Waals surface area contributed by atoms with Crippen LogP contribution in [0.4, 0.5) is 17.5 Å². The number of nitrogen functional groups attached to an aromatic ring is 1. The Hall–Kier alpha value is -6.88. The minimum Gasteiger partial charge on any atom is -1.00 e. The molecular formula is C52H62BCl2N9NaO8Si2. The second kappa shape index (κ2) is 33.1. The van der Waals surface area contributed by atoms with Gasteiger partial charge in [0.1, 0.15) is 24.8 Å². The molecule has 0 saturated carbocycles. The summed E-state index contributed by atoms with van der Waals surface area (Å²) >= 11 is 11.1. The molecule has 0 unspecified atom stereocenters. The van der Waals surface area contributed by atoms with E-state index in [1.165, 1.54) is 0 Å². The molecule has 0 fully saturated rings. The molecule has 17 nitrogen and oxygen atoms in total. The zero-order chi connectivity index (χ0) is 54.1. The molecule has 5 amide bonds. The number of aromatic nitrogens is 5. The molecule has 23 heteroatoms. The fourth-order valence-electron chi connectivity index (χ4n) is 5.91. The normalized spacial score (nSPS) is 11.4. The van der Waals surface area contributed by atoms with E-state index in [-0.39, 0.29) is 63.7 Å². The van der Waals surface area contributed by atoms with E-state index in [4.69, 9.17) is 43.6 Å². The Kier molecular flexibility index (Phi) is 29.2. The number of anilines is 3. The standard InChI is InChI=1S/C12H8N2O2.C12H12N2O2.C8H4ClNO2.C7H13NSi.C4H6N2.C4H5N.C3H9ClSi.C2H4O2.B.Na.H/c15-11-8-4-1-2-5-9(8)12(16)14(11)10-6-3-7-13-10;15-8-9-4-1-2-5-10(9)12(16)14-11-6-3-7-13-11;9-10-7(11)5-3-1-2-4-6(5)8(10)12;1-9(2,3)8-6-4-5-7-8;5-4-2-1-3-6-4;1-2-4-5-3-1;1-5(2,3)4;1-2(3)4;;;/h1-7,13H;1-7,13,15H,8H2,(H,14,16);1-4H;4-7H,1-3H3;1-3,6H,5H2;1-5H;1-3H3;1H3,(H,3,4);;;/q;;;;;;;;;+1;-1. The molecule has 7 heterocycles. The van der Waals surface area contributed by atoms with Crippen molar-refractivity contribution in [3.05, 3.63) is 210 Å². The van der Waals surface area contributed by atoms with Crippen LogP contribution < -0.4 is 45.5 Å². The smallest absolute Gasteiger partial charge is 1.00 e. The zero-order valence-electron chi connectivity index (χ0n) is 44.0. The van der Waals surface area contributed by atoms with Gasteiger partial charge in [0.05, 0.1) is 28.9 Å². The molecule has 2 aliphatic rings. The predicted octanol–water partition coefficient (Wildman–Crippen LogP) is 7.68. The molecular weight excluding hydrogens is 1040 g/mol. The van der Waals surface area contributed by atoms with Gasteiger partial charge in [-0.25, -0.2) is 4.90 Å². The number of imide groups is 2. The molecule has 2 aliphatic heterocycles. The van der Waals surface area contributed by atoms with Crippen molar-refractivity contribution in [2.24, 2.45) is 0 Å². The molecule has 0 spiro atoms. The monoisotopic (exact) mass is 1100 g/mol. The largest absolute Gasteiger partial charge is 1.00 e. The van der Waals surface area contributed by atoms with Crippen LogP contribution in [0.5, 0.6) is 0 Å². The summed E-state index contributed by atoms with van der Waals surface area (Å²) in [4.78, 5) is 79.7. The maximum absolute atomic E-state index is 12.0. The molecule has 0 bridgehead atoms. The number of aliphatic hydroxyl groups is 1. The van der Waals surface area contributed by atoms with Crippen LogP contribution >= 0.6 is 22.9 Å². The number of fused-ring (bicyclic) bond motifs is 2. The number of carbonyl (C=O) groups is 6. The summed E-state index contributed by atoms with van der Waals surface area (Å²) in [6.45, 7) is 14.2. The van der Waals surface area contributed by atoms with Gasteiger partial charge in [0.2, 0.25) is 0 Å². The number of carboxylic acid groups (broad SMARTS) is 1. The average Bonchev–Trinajstić information content (AvgIpc) is 4.22. The van der Waals surface area contributed by atoms with Gasteiger partial charge in [-0.05, 0) is 109 Å². The van der Waals surface area contributed by atoms with E-state index in [0.29, 0.717) is 49.4 Å². The van der Waals surface area contributed by atoms with E-state index in [9.17, 15) is 24.0 Å². The van der Waals surface area contributed by atoms with Gasteiger partial charge in [-0.1, -0.05) is 81.7 Å². The Morgan fingerprint density at radius 2 is 1.05 bits per heavy atom. The van der Waals surface area contributed by atoms with Crippen molar-refractivity contribution in [2.45, 2.75) is 52.8 Å². The van der Waals surface area contributed by atoms with Gasteiger partial charge >= 0.3 is 29.6 Å². The Morgan fingerprint density at radius 1 is 0.627 bits per heavy atom. The summed E-state index contributed by atoms with van der Waals surface area (Å²) in [5.74, 6) is -0.647. The Balaban J connectivity index is 0.000000881. The van der Waals surface area contributed by atoms with E-state index in [0.717, 1.165) is 17.6 Å². The number of nitrogens with zero attached hydrogens (tertiary/aromatic N) is 3. The average molecular weight is 1100 g/mol. The molecule has 0 aliphatic carbocycles. The number of hydrogen-bond acceptors (Lipinski definition) is 8. The third kappa shape index (κ3) is 23.1. The number of rotatable bonds is 5. The van der Waals surface area contributed by atoms with Crippen LogP contribution in [-0.4, -0.2) is 98.3 Å². The number of H-pyrrole nitrogens is 4. The predicted molar refractivity (Wildman–Crippen MR) is 301 cm³/mol. The van der Waals surface area contributed by atoms with Gasteiger partial charge in [-0.2, -0.15) is 15.5 Å². The van der Waals surface area contributed by atoms with Crippen molar-refractivity contribution in [1.29, 1.82) is 0 Å². The van der Waals surface area contributed by atoms with E-state index >= 15 is 0 Å². The SMILES string of the molecule is CC(=O)O.C[Si](C)(C)Cl.C[Si](C)(C)n1cccc1.Nc1ccc[nH]1.O=C(Nc1ccc[nH]1)c1ccccc1CO.O=C1c2ccccc2C(=O)N1Cl.O=C1c2ccccc2C(=O)N1c1ccc[nH]1.[B].[H-].[Na+].c1cc[nH]c1. The van der Waals surface area contributed by atoms with Crippen molar-refractivity contribution in [3.63, 3.8) is 0 Å². The fraction of sp³-hybridized carbons (Fsp3) is 0.154. The molecule has 3 aromatic carbocycles. The minimum absolute atomic E-state index is 0. The van der Waals surface area contributed by atoms with Crippen LogP contribution in [-0.2, 0) is 11.4 Å². The van der Waals surface area contributed by atoms with E-state index < -0.39 is 33.4 Å². The van der Waals surface area contributed by atoms with Crippen molar-refractivity contribution in [1.82, 2.24) is 28.6 Å². The van der Waals surface area contributed by atoms with Crippen molar-refractivity contribution in [3.8, 4) is 0 Å². The van der Waals surface area contributed by atoms with Crippen LogP contribution in [0.3, 0.4) is 0 Å². The maximum Gasteiger partial charge on any atom is 1.00 e. The summed E-state index contributed by atoms with van der Waals surface area (Å²) in [5.41, 5.74) is 7.99. The summed E-state index contributed by atoms with van der Waals surface area (Å²) < 4.78 is 2.93. The number of aliphatic carboxylic acids is 1. The van der Waals surface area contributed by atoms with Gasteiger partial charge in [-0.15, -0.1) is 0 Å². The van der Waals surface area contributed by atoms with Crippen molar-refractivity contribution >= 4 is 99.8 Å². The van der Waals surface area contributed by atoms with Crippen molar-refractivity contribution < 1.29 is 70.0 Å². The second-order valence-corrected chi connectivity index (χ2v) is 29.9. The third-order valence-electron chi connectivity index (χ3n) is 9.14. The Bertz CT molecular complexity index is 2840. The number of benzene rings is 3. The molecule has 0 atom stereocenters. The van der Waals surface area contributed by atoms with E-state index in [1.54, 1.807) is 122 Å². The summed E-state index contributed by atoms with van der Waals surface area (Å²) in [7, 11) is -2.20. The minimum atomic E-state index is -1.14. The van der Waals surface area contributed by atoms with Gasteiger partial charge in [0, 0.05) is 63.7 Å². The van der Waals surface area contributed by atoms with Crippen LogP contribution in [0.25, 0.3) is 0 Å². The Labute approximate surface area is 474 Å².